The fourth-order valence-electron chi connectivity index (χ4n) is 2.13. The minimum atomic E-state index is -0.585. The number of hydrogen-bond acceptors (Lipinski definition) is 3. The summed E-state index contributed by atoms with van der Waals surface area (Å²) in [5.41, 5.74) is 5.77. The van der Waals surface area contributed by atoms with Crippen LogP contribution in [0.1, 0.15) is 25.7 Å². The normalized spacial score (nSPS) is 21.8. The van der Waals surface area contributed by atoms with Crippen molar-refractivity contribution in [1.29, 1.82) is 0 Å². The molecule has 1 aliphatic heterocycles. The minimum absolute atomic E-state index is 0.108. The molecule has 1 fully saturated rings. The second-order valence-corrected chi connectivity index (χ2v) is 4.29. The number of nitrogens with zero attached hydrogens (tertiary/aromatic N) is 1. The number of nitrogens with two attached hydrogens (primary N) is 1. The second-order valence-electron chi connectivity index (χ2n) is 4.29. The standard InChI is InChI=1S/C12H21N3O2/c1-3-6-9(13)12(17)15-8-5-4-7-10(15)11(16)14-2/h3,9-10H,1,4-8,13H2,2H3,(H,14,16). The molecule has 0 spiro atoms. The van der Waals surface area contributed by atoms with Crippen LogP contribution in [0.25, 0.3) is 0 Å². The first-order valence-corrected chi connectivity index (χ1v) is 6.00. The van der Waals surface area contributed by atoms with E-state index in [1.165, 1.54) is 0 Å². The number of likely N-dealkylation sites (tertiary alicyclic amines) is 1. The average Bonchev–Trinajstić information content (AvgIpc) is 2.37. The summed E-state index contributed by atoms with van der Waals surface area (Å²) in [4.78, 5) is 25.4. The van der Waals surface area contributed by atoms with Gasteiger partial charge in [0, 0.05) is 13.6 Å². The maximum absolute atomic E-state index is 12.1. The van der Waals surface area contributed by atoms with Gasteiger partial charge in [-0.15, -0.1) is 6.58 Å². The fraction of sp³-hybridized carbons (Fsp3) is 0.667. The number of rotatable bonds is 4. The van der Waals surface area contributed by atoms with Crippen molar-refractivity contribution in [2.45, 2.75) is 37.8 Å². The summed E-state index contributed by atoms with van der Waals surface area (Å²) < 4.78 is 0. The molecule has 5 nitrogen and oxygen atoms in total. The second kappa shape index (κ2) is 6.39. The van der Waals surface area contributed by atoms with E-state index in [1.807, 2.05) is 0 Å². The average molecular weight is 239 g/mol. The zero-order valence-corrected chi connectivity index (χ0v) is 10.3. The summed E-state index contributed by atoms with van der Waals surface area (Å²) in [5.74, 6) is -0.262. The van der Waals surface area contributed by atoms with Crippen LogP contribution in [0.5, 0.6) is 0 Å². The first kappa shape index (κ1) is 13.7. The predicted molar refractivity (Wildman–Crippen MR) is 66.2 cm³/mol. The zero-order chi connectivity index (χ0) is 12.8. The third kappa shape index (κ3) is 3.30. The monoisotopic (exact) mass is 239 g/mol. The Bertz CT molecular complexity index is 304. The highest BCUT2D eigenvalue weighted by Crippen LogP contribution is 2.18. The van der Waals surface area contributed by atoms with Gasteiger partial charge in [-0.2, -0.15) is 0 Å². The van der Waals surface area contributed by atoms with Gasteiger partial charge in [-0.05, 0) is 25.7 Å². The van der Waals surface area contributed by atoms with Crippen molar-refractivity contribution in [3.05, 3.63) is 12.7 Å². The van der Waals surface area contributed by atoms with Crippen molar-refractivity contribution in [2.75, 3.05) is 13.6 Å². The number of carbonyl (C=O) groups is 2. The maximum atomic E-state index is 12.1. The van der Waals surface area contributed by atoms with Crippen LogP contribution in [0.3, 0.4) is 0 Å². The van der Waals surface area contributed by atoms with Crippen LogP contribution in [0.2, 0.25) is 0 Å². The number of carbonyl (C=O) groups excluding carboxylic acids is 2. The number of nitrogens with one attached hydrogen (secondary N) is 1. The largest absolute Gasteiger partial charge is 0.357 e. The SMILES string of the molecule is C=CCC(N)C(=O)N1CCCCC1C(=O)NC. The molecule has 1 saturated heterocycles. The first-order chi connectivity index (χ1) is 8.11. The molecule has 2 unspecified atom stereocenters. The van der Waals surface area contributed by atoms with E-state index in [-0.39, 0.29) is 17.9 Å². The molecule has 0 aromatic carbocycles. The lowest BCUT2D eigenvalue weighted by Gasteiger charge is -2.35. The first-order valence-electron chi connectivity index (χ1n) is 6.00. The summed E-state index contributed by atoms with van der Waals surface area (Å²) in [7, 11) is 1.59. The molecule has 0 saturated carbocycles. The summed E-state index contributed by atoms with van der Waals surface area (Å²) >= 11 is 0. The van der Waals surface area contributed by atoms with Gasteiger partial charge >= 0.3 is 0 Å². The van der Waals surface area contributed by atoms with Gasteiger partial charge in [0.2, 0.25) is 11.8 Å². The Balaban J connectivity index is 2.73. The fourth-order valence-corrected chi connectivity index (χ4v) is 2.13. The van der Waals surface area contributed by atoms with Gasteiger partial charge in [0.15, 0.2) is 0 Å². The molecule has 1 heterocycles. The Labute approximate surface area is 102 Å². The van der Waals surface area contributed by atoms with Gasteiger partial charge in [0.1, 0.15) is 6.04 Å². The Hall–Kier alpha value is -1.36. The smallest absolute Gasteiger partial charge is 0.242 e. The van der Waals surface area contributed by atoms with Gasteiger partial charge in [-0.25, -0.2) is 0 Å². The molecular formula is C12H21N3O2. The Morgan fingerprint density at radius 1 is 1.59 bits per heavy atom. The van der Waals surface area contributed by atoms with E-state index in [4.69, 9.17) is 5.73 Å². The number of piperidine rings is 1. The highest BCUT2D eigenvalue weighted by Gasteiger charge is 2.33. The van der Waals surface area contributed by atoms with Gasteiger partial charge in [-0.3, -0.25) is 9.59 Å². The third-order valence-corrected chi connectivity index (χ3v) is 3.07. The number of amides is 2. The Morgan fingerprint density at radius 2 is 2.29 bits per heavy atom. The quantitative estimate of drug-likeness (QED) is 0.679. The highest BCUT2D eigenvalue weighted by atomic mass is 16.2. The zero-order valence-electron chi connectivity index (χ0n) is 10.3. The molecule has 0 bridgehead atoms. The Morgan fingerprint density at radius 3 is 2.88 bits per heavy atom. The molecule has 3 N–H and O–H groups in total. The van der Waals surface area contributed by atoms with Crippen molar-refractivity contribution >= 4 is 11.8 Å². The van der Waals surface area contributed by atoms with Gasteiger partial charge < -0.3 is 16.0 Å². The van der Waals surface area contributed by atoms with E-state index in [9.17, 15) is 9.59 Å². The van der Waals surface area contributed by atoms with Crippen LogP contribution in [-0.2, 0) is 9.59 Å². The Kier molecular flexibility index (Phi) is 5.15. The number of likely N-dealkylation sites (N-methyl/N-ethyl adjacent to an activating group) is 1. The van der Waals surface area contributed by atoms with E-state index in [1.54, 1.807) is 18.0 Å². The molecule has 96 valence electrons. The van der Waals surface area contributed by atoms with Crippen molar-refractivity contribution in [2.24, 2.45) is 5.73 Å². The topological polar surface area (TPSA) is 75.4 Å². The number of hydrogen-bond donors (Lipinski definition) is 2. The van der Waals surface area contributed by atoms with Crippen LogP contribution in [0.4, 0.5) is 0 Å². The molecule has 0 radical (unpaired) electrons. The van der Waals surface area contributed by atoms with Crippen molar-refractivity contribution in [3.63, 3.8) is 0 Å². The van der Waals surface area contributed by atoms with E-state index in [0.29, 0.717) is 19.4 Å². The molecule has 0 aliphatic carbocycles. The molecular weight excluding hydrogens is 218 g/mol. The summed E-state index contributed by atoms with van der Waals surface area (Å²) in [6, 6.07) is -0.949. The van der Waals surface area contributed by atoms with Crippen molar-refractivity contribution in [1.82, 2.24) is 10.2 Å². The third-order valence-electron chi connectivity index (χ3n) is 3.07. The molecule has 17 heavy (non-hydrogen) atoms. The lowest BCUT2D eigenvalue weighted by molar-refractivity contribution is -0.143. The molecule has 5 heteroatoms. The van der Waals surface area contributed by atoms with E-state index >= 15 is 0 Å². The van der Waals surface area contributed by atoms with Gasteiger partial charge in [0.05, 0.1) is 6.04 Å². The summed E-state index contributed by atoms with van der Waals surface area (Å²) in [5, 5.41) is 2.60. The van der Waals surface area contributed by atoms with E-state index in [0.717, 1.165) is 12.8 Å². The van der Waals surface area contributed by atoms with Gasteiger partial charge in [-0.1, -0.05) is 6.08 Å². The molecule has 2 atom stereocenters. The molecule has 0 aromatic heterocycles. The predicted octanol–water partition coefficient (Wildman–Crippen LogP) is 0.0169. The summed E-state index contributed by atoms with van der Waals surface area (Å²) in [6.45, 7) is 4.18. The molecule has 1 aliphatic rings. The van der Waals surface area contributed by atoms with Crippen LogP contribution in [0.15, 0.2) is 12.7 Å². The maximum Gasteiger partial charge on any atom is 0.242 e. The van der Waals surface area contributed by atoms with E-state index < -0.39 is 6.04 Å². The molecule has 0 aromatic rings. The van der Waals surface area contributed by atoms with Crippen LogP contribution in [-0.4, -0.2) is 42.4 Å². The molecule has 2 amide bonds. The lowest BCUT2D eigenvalue weighted by Crippen LogP contribution is -2.55. The lowest BCUT2D eigenvalue weighted by atomic mass is 10.00. The van der Waals surface area contributed by atoms with Crippen LogP contribution >= 0.6 is 0 Å². The minimum Gasteiger partial charge on any atom is -0.357 e. The highest BCUT2D eigenvalue weighted by molar-refractivity contribution is 5.89. The molecule has 1 rings (SSSR count). The van der Waals surface area contributed by atoms with Crippen molar-refractivity contribution in [3.8, 4) is 0 Å². The summed E-state index contributed by atoms with van der Waals surface area (Å²) in [6.07, 6.45) is 4.68. The van der Waals surface area contributed by atoms with E-state index in [2.05, 4.69) is 11.9 Å². The van der Waals surface area contributed by atoms with Crippen LogP contribution in [0, 0.1) is 0 Å². The van der Waals surface area contributed by atoms with Crippen molar-refractivity contribution < 1.29 is 9.59 Å². The van der Waals surface area contributed by atoms with Gasteiger partial charge in [0.25, 0.3) is 0 Å². The van der Waals surface area contributed by atoms with Crippen LogP contribution < -0.4 is 11.1 Å².